The third kappa shape index (κ3) is 4.00. The van der Waals surface area contributed by atoms with E-state index in [-0.39, 0.29) is 6.10 Å². The highest BCUT2D eigenvalue weighted by atomic mass is 31.2. The summed E-state index contributed by atoms with van der Waals surface area (Å²) in [6, 6.07) is 15.2. The van der Waals surface area contributed by atoms with Crippen molar-refractivity contribution in [3.63, 3.8) is 0 Å². The summed E-state index contributed by atoms with van der Waals surface area (Å²) in [5.41, 5.74) is 0.852. The van der Waals surface area contributed by atoms with Crippen LogP contribution in [0.2, 0.25) is 0 Å². The van der Waals surface area contributed by atoms with Gasteiger partial charge in [-0.05, 0) is 51.1 Å². The van der Waals surface area contributed by atoms with Crippen LogP contribution in [0, 0.1) is 0 Å². The molecule has 0 spiro atoms. The van der Waals surface area contributed by atoms with Crippen LogP contribution in [0.25, 0.3) is 6.08 Å². The lowest BCUT2D eigenvalue weighted by molar-refractivity contribution is 0.242. The van der Waals surface area contributed by atoms with E-state index in [0.29, 0.717) is 6.61 Å². The first kappa shape index (κ1) is 17.7. The average Bonchev–Trinajstić information content (AvgIpc) is 2.55. The molecule has 1 atom stereocenters. The van der Waals surface area contributed by atoms with E-state index in [2.05, 4.69) is 6.58 Å². The van der Waals surface area contributed by atoms with E-state index in [1.54, 1.807) is 6.08 Å². The number of ether oxygens (including phenoxy) is 1. The third-order valence-corrected chi connectivity index (χ3v) is 5.96. The molecule has 0 radical (unpaired) electrons. The van der Waals surface area contributed by atoms with Crippen molar-refractivity contribution in [3.8, 4) is 5.75 Å². The first-order valence-corrected chi connectivity index (χ1v) is 9.43. The Balaban J connectivity index is 2.50. The van der Waals surface area contributed by atoms with Gasteiger partial charge in [-0.3, -0.25) is 0 Å². The largest absolute Gasteiger partial charge is 0.490 e. The molecular formula is C19H24O3P+. The molecule has 122 valence electrons. The molecule has 0 bridgehead atoms. The maximum atomic E-state index is 11.3. The van der Waals surface area contributed by atoms with Crippen molar-refractivity contribution in [3.05, 3.63) is 60.7 Å². The van der Waals surface area contributed by atoms with E-state index in [4.69, 9.17) is 9.26 Å². The molecule has 0 aliphatic heterocycles. The Bertz CT molecular complexity index is 655. The highest BCUT2D eigenvalue weighted by Crippen LogP contribution is 2.53. The van der Waals surface area contributed by atoms with Crippen molar-refractivity contribution in [2.45, 2.75) is 26.9 Å². The van der Waals surface area contributed by atoms with Crippen LogP contribution >= 0.6 is 7.72 Å². The second kappa shape index (κ2) is 7.74. The first-order valence-electron chi connectivity index (χ1n) is 7.77. The number of rotatable bonds is 7. The van der Waals surface area contributed by atoms with Gasteiger partial charge in [-0.1, -0.05) is 30.9 Å². The molecule has 1 unspecified atom stereocenters. The Labute approximate surface area is 139 Å². The number of hydrogen-bond acceptors (Lipinski definition) is 3. The zero-order valence-corrected chi connectivity index (χ0v) is 14.8. The molecule has 0 saturated carbocycles. The van der Waals surface area contributed by atoms with E-state index in [0.717, 1.165) is 21.9 Å². The van der Waals surface area contributed by atoms with Gasteiger partial charge in [0.15, 0.2) is 10.6 Å². The minimum atomic E-state index is -2.87. The van der Waals surface area contributed by atoms with Gasteiger partial charge in [-0.15, -0.1) is 0 Å². The van der Waals surface area contributed by atoms with Crippen LogP contribution in [0.5, 0.6) is 5.75 Å². The van der Waals surface area contributed by atoms with Gasteiger partial charge in [-0.25, -0.2) is 4.89 Å². The van der Waals surface area contributed by atoms with E-state index in [1.165, 1.54) is 0 Å². The molecule has 0 aromatic heterocycles. The Kier molecular flexibility index (Phi) is 5.95. The lowest BCUT2D eigenvalue weighted by Gasteiger charge is -2.19. The van der Waals surface area contributed by atoms with E-state index in [9.17, 15) is 4.89 Å². The molecule has 0 fully saturated rings. The van der Waals surface area contributed by atoms with Crippen molar-refractivity contribution in [2.24, 2.45) is 0 Å². The molecule has 2 aromatic carbocycles. The lowest BCUT2D eigenvalue weighted by Crippen LogP contribution is -2.24. The molecule has 2 rings (SSSR count). The van der Waals surface area contributed by atoms with Crippen molar-refractivity contribution in [1.82, 2.24) is 0 Å². The fourth-order valence-electron chi connectivity index (χ4n) is 2.36. The summed E-state index contributed by atoms with van der Waals surface area (Å²) < 4.78 is 11.6. The Morgan fingerprint density at radius 1 is 1.13 bits per heavy atom. The molecule has 0 heterocycles. The minimum absolute atomic E-state index is 0.0780. The van der Waals surface area contributed by atoms with Crippen LogP contribution in [0.15, 0.2) is 55.1 Å². The van der Waals surface area contributed by atoms with Gasteiger partial charge in [0.05, 0.1) is 12.7 Å². The van der Waals surface area contributed by atoms with Crippen molar-refractivity contribution in [1.29, 1.82) is 0 Å². The van der Waals surface area contributed by atoms with Crippen LogP contribution in [0.1, 0.15) is 26.3 Å². The fraction of sp³-hybridized carbons (Fsp3) is 0.263. The highest BCUT2D eigenvalue weighted by Gasteiger charge is 2.44. The van der Waals surface area contributed by atoms with E-state index < -0.39 is 7.72 Å². The van der Waals surface area contributed by atoms with Gasteiger partial charge in [0.2, 0.25) is 0 Å². The summed E-state index contributed by atoms with van der Waals surface area (Å²) in [7, 11) is -2.87. The SMILES string of the molecule is C=Cc1cc([P+](O)(OCC)c2ccccc2)ccc1OC(C)C. The molecule has 0 saturated heterocycles. The highest BCUT2D eigenvalue weighted by molar-refractivity contribution is 7.80. The summed E-state index contributed by atoms with van der Waals surface area (Å²) in [4.78, 5) is 11.3. The van der Waals surface area contributed by atoms with Crippen molar-refractivity contribution < 1.29 is 14.2 Å². The maximum Gasteiger partial charge on any atom is 0.336 e. The normalized spacial score (nSPS) is 13.6. The fourth-order valence-corrected chi connectivity index (χ4v) is 4.50. The van der Waals surface area contributed by atoms with Crippen LogP contribution < -0.4 is 15.3 Å². The minimum Gasteiger partial charge on any atom is -0.490 e. The Morgan fingerprint density at radius 2 is 1.83 bits per heavy atom. The molecule has 4 heteroatoms. The van der Waals surface area contributed by atoms with Crippen LogP contribution in [-0.4, -0.2) is 17.6 Å². The topological polar surface area (TPSA) is 38.7 Å². The first-order chi connectivity index (χ1) is 11.0. The molecule has 3 nitrogen and oxygen atoms in total. The van der Waals surface area contributed by atoms with Crippen LogP contribution in [-0.2, 0) is 4.52 Å². The van der Waals surface area contributed by atoms with Crippen molar-refractivity contribution >= 4 is 24.4 Å². The molecule has 0 aliphatic rings. The smallest absolute Gasteiger partial charge is 0.336 e. The standard InChI is InChI=1S/C19H24O3P/c1-5-16-14-18(12-13-19(16)22-15(3)4)23(20,21-6-2)17-10-8-7-9-11-17/h5,7-15,20H,1,6H2,2-4H3/q+1. The molecule has 1 N–H and O–H groups in total. The second-order valence-corrected chi connectivity index (χ2v) is 7.87. The van der Waals surface area contributed by atoms with Gasteiger partial charge in [0.1, 0.15) is 5.75 Å². The Morgan fingerprint density at radius 3 is 2.39 bits per heavy atom. The van der Waals surface area contributed by atoms with Crippen molar-refractivity contribution in [2.75, 3.05) is 6.61 Å². The van der Waals surface area contributed by atoms with Gasteiger partial charge >= 0.3 is 7.72 Å². The third-order valence-electron chi connectivity index (χ3n) is 3.35. The molecule has 2 aromatic rings. The van der Waals surface area contributed by atoms with Gasteiger partial charge < -0.3 is 4.74 Å². The van der Waals surface area contributed by atoms with Gasteiger partial charge in [0.25, 0.3) is 0 Å². The zero-order chi connectivity index (χ0) is 16.9. The average molecular weight is 331 g/mol. The number of hydrogen-bond donors (Lipinski definition) is 1. The lowest BCUT2D eigenvalue weighted by atomic mass is 10.2. The molecule has 23 heavy (non-hydrogen) atoms. The maximum absolute atomic E-state index is 11.3. The predicted octanol–water partition coefficient (Wildman–Crippen LogP) is 3.94. The predicted molar refractivity (Wildman–Crippen MR) is 98.8 cm³/mol. The second-order valence-electron chi connectivity index (χ2n) is 5.42. The molecule has 0 aliphatic carbocycles. The summed E-state index contributed by atoms with van der Waals surface area (Å²) in [6.45, 7) is 10.1. The van der Waals surface area contributed by atoms with Gasteiger partial charge in [0, 0.05) is 5.56 Å². The Hall–Kier alpha value is -1.67. The summed E-state index contributed by atoms with van der Waals surface area (Å²) in [5, 5.41) is 1.56. The summed E-state index contributed by atoms with van der Waals surface area (Å²) >= 11 is 0. The monoisotopic (exact) mass is 331 g/mol. The van der Waals surface area contributed by atoms with Crippen LogP contribution in [0.4, 0.5) is 0 Å². The summed E-state index contributed by atoms with van der Waals surface area (Å²) in [6.07, 6.45) is 1.82. The van der Waals surface area contributed by atoms with E-state index >= 15 is 0 Å². The molecule has 0 amide bonds. The molecular weight excluding hydrogens is 307 g/mol. The zero-order valence-electron chi connectivity index (χ0n) is 13.9. The van der Waals surface area contributed by atoms with Gasteiger partial charge in [-0.2, -0.15) is 4.52 Å². The summed E-state index contributed by atoms with van der Waals surface area (Å²) in [5.74, 6) is 0.759. The number of benzene rings is 2. The van der Waals surface area contributed by atoms with E-state index in [1.807, 2.05) is 69.3 Å². The quantitative estimate of drug-likeness (QED) is 0.781. The van der Waals surface area contributed by atoms with Crippen LogP contribution in [0.3, 0.4) is 0 Å².